The third kappa shape index (κ3) is 3.32. The van der Waals surface area contributed by atoms with E-state index in [1.54, 1.807) is 0 Å². The van der Waals surface area contributed by atoms with Crippen LogP contribution < -0.4 is 5.32 Å². The molecule has 1 atom stereocenters. The highest BCUT2D eigenvalue weighted by Gasteiger charge is 2.23. The van der Waals surface area contributed by atoms with Gasteiger partial charge in [0.05, 0.1) is 6.54 Å². The number of nitrogens with one attached hydrogen (secondary N) is 1. The van der Waals surface area contributed by atoms with Crippen molar-refractivity contribution >= 4 is 5.97 Å². The molecule has 13 heavy (non-hydrogen) atoms. The summed E-state index contributed by atoms with van der Waals surface area (Å²) in [5.74, 6) is -0.775. The molecule has 1 heterocycles. The van der Waals surface area contributed by atoms with E-state index >= 15 is 0 Å². The Kier molecular flexibility index (Phi) is 3.69. The lowest BCUT2D eigenvalue weighted by molar-refractivity contribution is -0.136. The molecule has 1 fully saturated rings. The molecule has 1 unspecified atom stereocenters. The first-order chi connectivity index (χ1) is 6.09. The lowest BCUT2D eigenvalue weighted by atomic mass is 10.2. The second-order valence-corrected chi connectivity index (χ2v) is 3.85. The summed E-state index contributed by atoms with van der Waals surface area (Å²) in [5.41, 5.74) is 0. The minimum Gasteiger partial charge on any atom is -0.480 e. The van der Waals surface area contributed by atoms with Crippen LogP contribution in [0.3, 0.4) is 0 Å². The summed E-state index contributed by atoms with van der Waals surface area (Å²) in [6.07, 6.45) is 1.06. The molecule has 2 N–H and O–H groups in total. The van der Waals surface area contributed by atoms with Crippen LogP contribution in [0.25, 0.3) is 0 Å². The lowest BCUT2D eigenvalue weighted by Crippen LogP contribution is -2.37. The summed E-state index contributed by atoms with van der Waals surface area (Å²) in [4.78, 5) is 12.7. The molecule has 76 valence electrons. The van der Waals surface area contributed by atoms with E-state index in [0.29, 0.717) is 12.1 Å². The predicted octanol–water partition coefficient (Wildman–Crippen LogP) is 0.143. The summed E-state index contributed by atoms with van der Waals surface area (Å²) < 4.78 is 0. The largest absolute Gasteiger partial charge is 0.480 e. The van der Waals surface area contributed by atoms with Gasteiger partial charge in [-0.25, -0.2) is 0 Å². The van der Waals surface area contributed by atoms with Crippen molar-refractivity contribution in [2.75, 3.05) is 19.6 Å². The minimum absolute atomic E-state index is 0.0800. The number of aliphatic carboxylic acids is 1. The van der Waals surface area contributed by atoms with E-state index in [0.717, 1.165) is 19.5 Å². The molecular formula is C9H18N2O2. The number of carbonyl (C=O) groups is 1. The second-order valence-electron chi connectivity index (χ2n) is 3.85. The van der Waals surface area contributed by atoms with E-state index in [1.807, 2.05) is 0 Å². The minimum atomic E-state index is -0.775. The van der Waals surface area contributed by atoms with Gasteiger partial charge >= 0.3 is 5.97 Å². The molecule has 1 rings (SSSR count). The van der Waals surface area contributed by atoms with Crippen molar-refractivity contribution < 1.29 is 9.90 Å². The van der Waals surface area contributed by atoms with Crippen LogP contribution in [0.1, 0.15) is 20.3 Å². The van der Waals surface area contributed by atoms with Crippen molar-refractivity contribution in [3.63, 3.8) is 0 Å². The molecule has 0 bridgehead atoms. The Balaban J connectivity index is 2.21. The molecule has 0 aliphatic carbocycles. The van der Waals surface area contributed by atoms with Gasteiger partial charge in [0.25, 0.3) is 0 Å². The van der Waals surface area contributed by atoms with E-state index in [2.05, 4.69) is 24.1 Å². The third-order valence-electron chi connectivity index (χ3n) is 2.49. The Morgan fingerprint density at radius 2 is 2.38 bits per heavy atom. The van der Waals surface area contributed by atoms with Gasteiger partial charge in [-0.1, -0.05) is 0 Å². The zero-order chi connectivity index (χ0) is 9.84. The first-order valence-electron chi connectivity index (χ1n) is 4.79. The molecule has 0 aromatic rings. The van der Waals surface area contributed by atoms with Crippen molar-refractivity contribution in [2.45, 2.75) is 32.4 Å². The average molecular weight is 186 g/mol. The van der Waals surface area contributed by atoms with E-state index in [1.165, 1.54) is 0 Å². The van der Waals surface area contributed by atoms with E-state index < -0.39 is 5.97 Å². The van der Waals surface area contributed by atoms with Gasteiger partial charge in [-0.2, -0.15) is 0 Å². The topological polar surface area (TPSA) is 52.6 Å². The molecule has 0 aromatic carbocycles. The van der Waals surface area contributed by atoms with Crippen LogP contribution in [-0.4, -0.2) is 47.7 Å². The molecule has 0 aromatic heterocycles. The summed E-state index contributed by atoms with van der Waals surface area (Å²) in [6, 6.07) is 0.926. The number of likely N-dealkylation sites (tertiary alicyclic amines) is 1. The summed E-state index contributed by atoms with van der Waals surface area (Å²) >= 11 is 0. The van der Waals surface area contributed by atoms with E-state index in [4.69, 9.17) is 5.11 Å². The van der Waals surface area contributed by atoms with Crippen molar-refractivity contribution in [3.05, 3.63) is 0 Å². The van der Waals surface area contributed by atoms with Crippen molar-refractivity contribution in [3.8, 4) is 0 Å². The third-order valence-corrected chi connectivity index (χ3v) is 2.49. The van der Waals surface area contributed by atoms with Gasteiger partial charge in [0.15, 0.2) is 0 Å². The molecule has 1 aliphatic heterocycles. The molecule has 4 heteroatoms. The fourth-order valence-corrected chi connectivity index (χ4v) is 1.65. The van der Waals surface area contributed by atoms with Gasteiger partial charge < -0.3 is 10.4 Å². The van der Waals surface area contributed by atoms with Crippen LogP contribution in [0.15, 0.2) is 0 Å². The number of hydrogen-bond donors (Lipinski definition) is 2. The molecule has 0 radical (unpaired) electrons. The normalized spacial score (nSPS) is 24.1. The number of carboxylic acids is 1. The van der Waals surface area contributed by atoms with Crippen molar-refractivity contribution in [1.82, 2.24) is 10.2 Å². The standard InChI is InChI=1S/C9H18N2O2/c1-7(2)11-4-3-8(6-11)10-5-9(12)13/h7-8,10H,3-6H2,1-2H3,(H,12,13). The first-order valence-corrected chi connectivity index (χ1v) is 4.79. The zero-order valence-electron chi connectivity index (χ0n) is 8.29. The van der Waals surface area contributed by atoms with Crippen LogP contribution in [0.4, 0.5) is 0 Å². The molecular weight excluding hydrogens is 168 g/mol. The summed E-state index contributed by atoms with van der Waals surface area (Å²) in [7, 11) is 0. The molecule has 0 spiro atoms. The van der Waals surface area contributed by atoms with Crippen LogP contribution in [-0.2, 0) is 4.79 Å². The van der Waals surface area contributed by atoms with Crippen LogP contribution >= 0.6 is 0 Å². The predicted molar refractivity (Wildman–Crippen MR) is 50.8 cm³/mol. The van der Waals surface area contributed by atoms with Crippen LogP contribution in [0.5, 0.6) is 0 Å². The van der Waals surface area contributed by atoms with E-state index in [-0.39, 0.29) is 6.54 Å². The summed E-state index contributed by atoms with van der Waals surface area (Å²) in [5, 5.41) is 11.5. The van der Waals surface area contributed by atoms with Gasteiger partial charge in [-0.3, -0.25) is 9.69 Å². The fourth-order valence-electron chi connectivity index (χ4n) is 1.65. The number of rotatable bonds is 4. The second kappa shape index (κ2) is 4.58. The Bertz CT molecular complexity index is 182. The Labute approximate surface area is 78.9 Å². The number of nitrogens with zero attached hydrogens (tertiary/aromatic N) is 1. The Hall–Kier alpha value is -0.610. The van der Waals surface area contributed by atoms with Gasteiger partial charge in [-0.05, 0) is 26.8 Å². The summed E-state index contributed by atoms with van der Waals surface area (Å²) in [6.45, 7) is 6.47. The van der Waals surface area contributed by atoms with Crippen molar-refractivity contribution in [1.29, 1.82) is 0 Å². The number of carboxylic acid groups (broad SMARTS) is 1. The molecule has 0 amide bonds. The van der Waals surface area contributed by atoms with Gasteiger partial charge in [-0.15, -0.1) is 0 Å². The zero-order valence-corrected chi connectivity index (χ0v) is 8.29. The molecule has 1 saturated heterocycles. The van der Waals surface area contributed by atoms with Crippen LogP contribution in [0, 0.1) is 0 Å². The lowest BCUT2D eigenvalue weighted by Gasteiger charge is -2.20. The maximum atomic E-state index is 10.3. The highest BCUT2D eigenvalue weighted by molar-refractivity contribution is 5.69. The van der Waals surface area contributed by atoms with Gasteiger partial charge in [0, 0.05) is 18.6 Å². The Morgan fingerprint density at radius 1 is 1.69 bits per heavy atom. The van der Waals surface area contributed by atoms with Gasteiger partial charge in [0.2, 0.25) is 0 Å². The maximum Gasteiger partial charge on any atom is 0.317 e. The highest BCUT2D eigenvalue weighted by atomic mass is 16.4. The molecule has 4 nitrogen and oxygen atoms in total. The smallest absolute Gasteiger partial charge is 0.317 e. The first kappa shape index (κ1) is 10.5. The quantitative estimate of drug-likeness (QED) is 0.656. The number of hydrogen-bond acceptors (Lipinski definition) is 3. The maximum absolute atomic E-state index is 10.3. The highest BCUT2D eigenvalue weighted by Crippen LogP contribution is 2.11. The monoisotopic (exact) mass is 186 g/mol. The molecule has 1 aliphatic rings. The van der Waals surface area contributed by atoms with Crippen LogP contribution in [0.2, 0.25) is 0 Å². The fraction of sp³-hybridized carbons (Fsp3) is 0.889. The SMILES string of the molecule is CC(C)N1CCC(NCC(=O)O)C1. The Morgan fingerprint density at radius 3 is 2.85 bits per heavy atom. The van der Waals surface area contributed by atoms with E-state index in [9.17, 15) is 4.79 Å². The van der Waals surface area contributed by atoms with Crippen molar-refractivity contribution in [2.24, 2.45) is 0 Å². The molecule has 0 saturated carbocycles. The van der Waals surface area contributed by atoms with Gasteiger partial charge in [0.1, 0.15) is 0 Å². The average Bonchev–Trinajstić information content (AvgIpc) is 2.48.